The summed E-state index contributed by atoms with van der Waals surface area (Å²) in [6.07, 6.45) is 2.29. The topological polar surface area (TPSA) is 42.3 Å². The van der Waals surface area contributed by atoms with E-state index < -0.39 is 0 Å². The van der Waals surface area contributed by atoms with Gasteiger partial charge in [-0.1, -0.05) is 0 Å². The summed E-state index contributed by atoms with van der Waals surface area (Å²) in [5.74, 6) is 0. The Morgan fingerprint density at radius 2 is 1.95 bits per heavy atom. The molecule has 0 aliphatic carbocycles. The fraction of sp³-hybridized carbons (Fsp3) is 0.800. The first-order valence-corrected chi connectivity index (χ1v) is 7.68. The third-order valence-electron chi connectivity index (χ3n) is 4.14. The monoisotopic (exact) mass is 280 g/mol. The van der Waals surface area contributed by atoms with Gasteiger partial charge < -0.3 is 10.1 Å². The molecule has 1 fully saturated rings. The van der Waals surface area contributed by atoms with Crippen molar-refractivity contribution < 1.29 is 4.74 Å². The first-order valence-electron chi connectivity index (χ1n) is 7.68. The zero-order valence-electron chi connectivity index (χ0n) is 13.1. The zero-order valence-corrected chi connectivity index (χ0v) is 13.1. The van der Waals surface area contributed by atoms with Gasteiger partial charge in [0.15, 0.2) is 0 Å². The Morgan fingerprint density at radius 3 is 2.60 bits per heavy atom. The van der Waals surface area contributed by atoms with Crippen LogP contribution in [0.25, 0.3) is 0 Å². The highest BCUT2D eigenvalue weighted by atomic mass is 16.5. The summed E-state index contributed by atoms with van der Waals surface area (Å²) >= 11 is 0. The number of hydrogen-bond donors (Lipinski definition) is 1. The second-order valence-corrected chi connectivity index (χ2v) is 5.58. The van der Waals surface area contributed by atoms with Crippen molar-refractivity contribution in [2.45, 2.75) is 26.7 Å². The number of hydrogen-bond acceptors (Lipinski definition) is 4. The van der Waals surface area contributed by atoms with Crippen molar-refractivity contribution in [3.05, 3.63) is 17.0 Å². The summed E-state index contributed by atoms with van der Waals surface area (Å²) in [4.78, 5) is 2.49. The van der Waals surface area contributed by atoms with E-state index in [0.717, 1.165) is 45.8 Å². The molecule has 1 N–H and O–H groups in total. The molecule has 0 unspecified atom stereocenters. The van der Waals surface area contributed by atoms with Gasteiger partial charge in [0.05, 0.1) is 18.9 Å². The number of morpholine rings is 1. The Hall–Kier alpha value is -0.910. The molecule has 0 radical (unpaired) electrons. The number of nitrogens with zero attached hydrogens (tertiary/aromatic N) is 3. The average Bonchev–Trinajstić information content (AvgIpc) is 2.69. The predicted octanol–water partition coefficient (Wildman–Crippen LogP) is 0.891. The number of nitrogens with one attached hydrogen (secondary N) is 1. The lowest BCUT2D eigenvalue weighted by Gasteiger charge is -2.26. The van der Waals surface area contributed by atoms with Gasteiger partial charge in [0, 0.05) is 25.8 Å². The fourth-order valence-electron chi connectivity index (χ4n) is 2.77. The largest absolute Gasteiger partial charge is 0.379 e. The third-order valence-corrected chi connectivity index (χ3v) is 4.14. The molecule has 20 heavy (non-hydrogen) atoms. The molecule has 1 aromatic rings. The minimum absolute atomic E-state index is 0.896. The van der Waals surface area contributed by atoms with Crippen molar-refractivity contribution in [1.29, 1.82) is 0 Å². The van der Waals surface area contributed by atoms with E-state index in [0.29, 0.717) is 0 Å². The van der Waals surface area contributed by atoms with Crippen LogP contribution >= 0.6 is 0 Å². The Bertz CT molecular complexity index is 410. The maximum absolute atomic E-state index is 5.35. The lowest BCUT2D eigenvalue weighted by molar-refractivity contribution is 0.0375. The summed E-state index contributed by atoms with van der Waals surface area (Å²) in [6.45, 7) is 11.5. The van der Waals surface area contributed by atoms with Crippen LogP contribution in [0.5, 0.6) is 0 Å². The van der Waals surface area contributed by atoms with Crippen molar-refractivity contribution >= 4 is 0 Å². The first-order chi connectivity index (χ1) is 9.68. The molecule has 1 aliphatic rings. The number of aryl methyl sites for hydroxylation is 2. The summed E-state index contributed by atoms with van der Waals surface area (Å²) in [7, 11) is 2.02. The molecule has 1 aliphatic heterocycles. The van der Waals surface area contributed by atoms with Gasteiger partial charge in [-0.25, -0.2) is 0 Å². The maximum Gasteiger partial charge on any atom is 0.0628 e. The van der Waals surface area contributed by atoms with Crippen molar-refractivity contribution in [1.82, 2.24) is 20.0 Å². The zero-order chi connectivity index (χ0) is 14.4. The van der Waals surface area contributed by atoms with E-state index in [9.17, 15) is 0 Å². The van der Waals surface area contributed by atoms with Crippen LogP contribution in [-0.2, 0) is 18.2 Å². The van der Waals surface area contributed by atoms with Gasteiger partial charge in [0.25, 0.3) is 0 Å². The van der Waals surface area contributed by atoms with E-state index in [1.807, 2.05) is 11.7 Å². The molecule has 1 aromatic heterocycles. The highest BCUT2D eigenvalue weighted by molar-refractivity contribution is 5.24. The van der Waals surface area contributed by atoms with Gasteiger partial charge in [0.2, 0.25) is 0 Å². The number of aromatic nitrogens is 2. The molecule has 0 saturated carbocycles. The standard InChI is InChI=1S/C15H28N4O/c1-13-15(14(2)18(3)17-13)5-7-16-6-4-8-19-9-11-20-12-10-19/h16H,4-12H2,1-3H3. The van der Waals surface area contributed by atoms with Gasteiger partial charge in [0.1, 0.15) is 0 Å². The van der Waals surface area contributed by atoms with Crippen LogP contribution in [0.15, 0.2) is 0 Å². The Balaban J connectivity index is 1.57. The van der Waals surface area contributed by atoms with Crippen LogP contribution in [0.3, 0.4) is 0 Å². The van der Waals surface area contributed by atoms with Crippen LogP contribution in [0.1, 0.15) is 23.4 Å². The van der Waals surface area contributed by atoms with E-state index in [1.165, 1.54) is 29.9 Å². The molecular formula is C15H28N4O. The Labute approximate surface area is 122 Å². The molecule has 0 aromatic carbocycles. The van der Waals surface area contributed by atoms with Crippen molar-refractivity contribution in [2.75, 3.05) is 45.9 Å². The lowest BCUT2D eigenvalue weighted by atomic mass is 10.1. The Morgan fingerprint density at radius 1 is 1.20 bits per heavy atom. The van der Waals surface area contributed by atoms with Crippen LogP contribution < -0.4 is 5.32 Å². The fourth-order valence-corrected chi connectivity index (χ4v) is 2.77. The molecule has 5 nitrogen and oxygen atoms in total. The first kappa shape index (κ1) is 15.5. The normalized spacial score (nSPS) is 16.8. The van der Waals surface area contributed by atoms with Gasteiger partial charge in [-0.2, -0.15) is 5.10 Å². The van der Waals surface area contributed by atoms with E-state index in [4.69, 9.17) is 4.74 Å². The minimum Gasteiger partial charge on any atom is -0.379 e. The molecule has 0 bridgehead atoms. The second-order valence-electron chi connectivity index (χ2n) is 5.58. The van der Waals surface area contributed by atoms with E-state index in [2.05, 4.69) is 29.2 Å². The third kappa shape index (κ3) is 4.30. The molecular weight excluding hydrogens is 252 g/mol. The van der Waals surface area contributed by atoms with Gasteiger partial charge in [-0.05, 0) is 51.9 Å². The minimum atomic E-state index is 0.896. The highest BCUT2D eigenvalue weighted by Gasteiger charge is 2.10. The molecule has 0 amide bonds. The SMILES string of the molecule is Cc1nn(C)c(C)c1CCNCCCN1CCOCC1. The number of ether oxygens (including phenoxy) is 1. The summed E-state index contributed by atoms with van der Waals surface area (Å²) in [5.41, 5.74) is 3.85. The van der Waals surface area contributed by atoms with Crippen LogP contribution in [-0.4, -0.2) is 60.6 Å². The molecule has 2 rings (SSSR count). The van der Waals surface area contributed by atoms with E-state index in [-0.39, 0.29) is 0 Å². The molecule has 0 atom stereocenters. The smallest absolute Gasteiger partial charge is 0.0628 e. The van der Waals surface area contributed by atoms with E-state index in [1.54, 1.807) is 0 Å². The molecule has 2 heterocycles. The lowest BCUT2D eigenvalue weighted by Crippen LogP contribution is -2.37. The van der Waals surface area contributed by atoms with Gasteiger partial charge >= 0.3 is 0 Å². The van der Waals surface area contributed by atoms with Crippen LogP contribution in [0.2, 0.25) is 0 Å². The van der Waals surface area contributed by atoms with Crippen LogP contribution in [0, 0.1) is 13.8 Å². The molecule has 114 valence electrons. The van der Waals surface area contributed by atoms with Crippen molar-refractivity contribution in [3.63, 3.8) is 0 Å². The summed E-state index contributed by atoms with van der Waals surface area (Å²) in [6, 6.07) is 0. The average molecular weight is 280 g/mol. The summed E-state index contributed by atoms with van der Waals surface area (Å²) < 4.78 is 7.33. The number of rotatable bonds is 7. The van der Waals surface area contributed by atoms with Gasteiger partial charge in [-0.15, -0.1) is 0 Å². The van der Waals surface area contributed by atoms with Crippen molar-refractivity contribution in [3.8, 4) is 0 Å². The van der Waals surface area contributed by atoms with Crippen LogP contribution in [0.4, 0.5) is 0 Å². The molecule has 0 spiro atoms. The second kappa shape index (κ2) is 7.76. The summed E-state index contributed by atoms with van der Waals surface area (Å²) in [5, 5.41) is 8.00. The maximum atomic E-state index is 5.35. The Kier molecular flexibility index (Phi) is 6.01. The predicted molar refractivity (Wildman–Crippen MR) is 81.1 cm³/mol. The van der Waals surface area contributed by atoms with Gasteiger partial charge in [-0.3, -0.25) is 9.58 Å². The highest BCUT2D eigenvalue weighted by Crippen LogP contribution is 2.11. The van der Waals surface area contributed by atoms with Crippen molar-refractivity contribution in [2.24, 2.45) is 7.05 Å². The molecule has 5 heteroatoms. The van der Waals surface area contributed by atoms with E-state index >= 15 is 0 Å². The quantitative estimate of drug-likeness (QED) is 0.753. The molecule has 1 saturated heterocycles.